The molecule has 0 saturated carbocycles. The van der Waals surface area contributed by atoms with E-state index in [4.69, 9.17) is 4.74 Å². The van der Waals surface area contributed by atoms with Crippen LogP contribution in [0.3, 0.4) is 0 Å². The number of fused-ring (bicyclic) bond motifs is 1. The van der Waals surface area contributed by atoms with Gasteiger partial charge in [0.2, 0.25) is 0 Å². The average Bonchev–Trinajstić information content (AvgIpc) is 3.17. The molecule has 1 N–H and O–H groups in total. The van der Waals surface area contributed by atoms with Gasteiger partial charge in [0.05, 0.1) is 19.6 Å². The molecule has 8 heteroatoms. The number of esters is 2. The molecular formula is C18H21NO6S. The Morgan fingerprint density at radius 1 is 1.15 bits per heavy atom. The van der Waals surface area contributed by atoms with E-state index < -0.39 is 17.9 Å². The van der Waals surface area contributed by atoms with E-state index in [0.29, 0.717) is 26.3 Å². The second-order valence-electron chi connectivity index (χ2n) is 6.20. The molecule has 1 fully saturated rings. The molecule has 1 saturated heterocycles. The normalized spacial score (nSPS) is 16.3. The van der Waals surface area contributed by atoms with Crippen LogP contribution in [0.4, 0.5) is 0 Å². The Morgan fingerprint density at radius 3 is 2.69 bits per heavy atom. The molecule has 1 aromatic heterocycles. The zero-order chi connectivity index (χ0) is 18.6. The number of nitrogens with zero attached hydrogens (tertiary/aromatic N) is 1. The van der Waals surface area contributed by atoms with Crippen LogP contribution in [-0.4, -0.2) is 61.3 Å². The lowest BCUT2D eigenvalue weighted by molar-refractivity contribution is -0.295. The number of aliphatic hydroxyl groups is 1. The molecule has 2 heterocycles. The zero-order valence-corrected chi connectivity index (χ0v) is 15.3. The van der Waals surface area contributed by atoms with E-state index >= 15 is 0 Å². The van der Waals surface area contributed by atoms with E-state index in [1.165, 1.54) is 15.6 Å². The molecule has 3 rings (SSSR count). The number of cyclic esters (lactones) is 2. The van der Waals surface area contributed by atoms with Gasteiger partial charge in [0.25, 0.3) is 0 Å². The van der Waals surface area contributed by atoms with E-state index in [0.717, 1.165) is 6.42 Å². The molecule has 26 heavy (non-hydrogen) atoms. The molecular weight excluding hydrogens is 358 g/mol. The summed E-state index contributed by atoms with van der Waals surface area (Å²) < 4.78 is 16.0. The average molecular weight is 379 g/mol. The summed E-state index contributed by atoms with van der Waals surface area (Å²) in [6.45, 7) is 2.19. The fourth-order valence-electron chi connectivity index (χ4n) is 2.62. The van der Waals surface area contributed by atoms with E-state index in [1.54, 1.807) is 11.3 Å². The lowest BCUT2D eigenvalue weighted by Gasteiger charge is -2.22. The van der Waals surface area contributed by atoms with Crippen LogP contribution >= 0.6 is 11.3 Å². The quantitative estimate of drug-likeness (QED) is 0.402. The van der Waals surface area contributed by atoms with Crippen molar-refractivity contribution in [3.05, 3.63) is 35.2 Å². The number of likely N-dealkylation sites (N-methyl/N-ethyl adjacent to an activating group) is 1. The summed E-state index contributed by atoms with van der Waals surface area (Å²) in [5, 5.41) is 13.2. The summed E-state index contributed by atoms with van der Waals surface area (Å²) in [5.74, 6) is -4.48. The summed E-state index contributed by atoms with van der Waals surface area (Å²) in [5.41, 5.74) is 1.25. The fourth-order valence-corrected chi connectivity index (χ4v) is 3.39. The second-order valence-corrected chi connectivity index (χ2v) is 7.15. The van der Waals surface area contributed by atoms with Gasteiger partial charge in [0.1, 0.15) is 0 Å². The van der Waals surface area contributed by atoms with E-state index in [9.17, 15) is 14.7 Å². The van der Waals surface area contributed by atoms with Crippen molar-refractivity contribution in [1.82, 2.24) is 4.90 Å². The Hall–Kier alpha value is -2.00. The fraction of sp³-hybridized carbons (Fsp3) is 0.444. The van der Waals surface area contributed by atoms with Crippen LogP contribution in [0, 0.1) is 0 Å². The number of carbonyl (C=O) groups is 2. The van der Waals surface area contributed by atoms with Crippen molar-refractivity contribution in [3.8, 4) is 0 Å². The van der Waals surface area contributed by atoms with Crippen LogP contribution in [0.25, 0.3) is 10.1 Å². The van der Waals surface area contributed by atoms with Crippen molar-refractivity contribution in [2.45, 2.75) is 18.8 Å². The van der Waals surface area contributed by atoms with Gasteiger partial charge in [-0.25, -0.2) is 9.59 Å². The molecule has 0 bridgehead atoms. The first kappa shape index (κ1) is 18.8. The van der Waals surface area contributed by atoms with Gasteiger partial charge in [-0.1, -0.05) is 12.1 Å². The molecule has 0 aliphatic carbocycles. The van der Waals surface area contributed by atoms with Gasteiger partial charge in [0.15, 0.2) is 0 Å². The van der Waals surface area contributed by atoms with Crippen LogP contribution in [0.2, 0.25) is 0 Å². The van der Waals surface area contributed by atoms with Crippen LogP contribution in [0.15, 0.2) is 29.6 Å². The molecule has 140 valence electrons. The summed E-state index contributed by atoms with van der Waals surface area (Å²) >= 11 is 1.74. The minimum Gasteiger partial charge on any atom is -0.389 e. The number of benzene rings is 1. The van der Waals surface area contributed by atoms with Gasteiger partial charge in [-0.3, -0.25) is 0 Å². The lowest BCUT2D eigenvalue weighted by atomic mass is 10.1. The first-order valence-corrected chi connectivity index (χ1v) is 9.24. The van der Waals surface area contributed by atoms with Gasteiger partial charge in [-0.05, 0) is 41.9 Å². The lowest BCUT2D eigenvalue weighted by Crippen LogP contribution is -2.36. The number of carbonyl (C=O) groups excluding carboxylic acids is 2. The van der Waals surface area contributed by atoms with Crippen LogP contribution < -0.4 is 0 Å². The predicted octanol–water partition coefficient (Wildman–Crippen LogP) is 1.53. The molecule has 1 aliphatic heterocycles. The highest BCUT2D eigenvalue weighted by atomic mass is 32.1. The van der Waals surface area contributed by atoms with Gasteiger partial charge in [-0.15, -0.1) is 11.3 Å². The number of thiophene rings is 1. The van der Waals surface area contributed by atoms with Crippen molar-refractivity contribution in [2.75, 3.05) is 33.4 Å². The van der Waals surface area contributed by atoms with Crippen molar-refractivity contribution in [3.63, 3.8) is 0 Å². The maximum Gasteiger partial charge on any atom is 0.422 e. The Kier molecular flexibility index (Phi) is 5.87. The highest BCUT2D eigenvalue weighted by Gasteiger charge is 2.47. The largest absolute Gasteiger partial charge is 0.422 e. The third-order valence-corrected chi connectivity index (χ3v) is 5.05. The summed E-state index contributed by atoms with van der Waals surface area (Å²) in [7, 11) is 1.84. The van der Waals surface area contributed by atoms with Gasteiger partial charge < -0.3 is 24.2 Å². The molecule has 0 amide bonds. The van der Waals surface area contributed by atoms with Crippen molar-refractivity contribution in [2.24, 2.45) is 0 Å². The zero-order valence-electron chi connectivity index (χ0n) is 14.5. The van der Waals surface area contributed by atoms with Crippen molar-refractivity contribution < 1.29 is 28.9 Å². The third-order valence-electron chi connectivity index (χ3n) is 4.15. The summed E-state index contributed by atoms with van der Waals surface area (Å²) in [6.07, 6.45) is 0.836. The molecule has 1 aliphatic rings. The van der Waals surface area contributed by atoms with Crippen molar-refractivity contribution in [1.29, 1.82) is 0 Å². The molecule has 0 spiro atoms. The van der Waals surface area contributed by atoms with Gasteiger partial charge >= 0.3 is 17.9 Å². The SMILES string of the molecule is CN(CCOCCc1ccc2sccc2c1)CCC1(O)OC(=O)C(=O)O1. The maximum absolute atomic E-state index is 11.0. The number of hydrogen-bond acceptors (Lipinski definition) is 8. The monoisotopic (exact) mass is 379 g/mol. The minimum atomic E-state index is -2.15. The molecule has 1 aromatic carbocycles. The third kappa shape index (κ3) is 4.79. The van der Waals surface area contributed by atoms with Crippen LogP contribution in [-0.2, 0) is 30.2 Å². The Morgan fingerprint density at radius 2 is 1.92 bits per heavy atom. The highest BCUT2D eigenvalue weighted by molar-refractivity contribution is 7.17. The number of hydrogen-bond donors (Lipinski definition) is 1. The van der Waals surface area contributed by atoms with Gasteiger partial charge in [-0.2, -0.15) is 0 Å². The predicted molar refractivity (Wildman–Crippen MR) is 95.6 cm³/mol. The smallest absolute Gasteiger partial charge is 0.389 e. The van der Waals surface area contributed by atoms with E-state index in [2.05, 4.69) is 39.1 Å². The Balaban J connectivity index is 1.31. The van der Waals surface area contributed by atoms with Crippen LogP contribution in [0.1, 0.15) is 12.0 Å². The molecule has 0 unspecified atom stereocenters. The maximum atomic E-state index is 11.0. The van der Waals surface area contributed by atoms with Crippen LogP contribution in [0.5, 0.6) is 0 Å². The molecule has 0 atom stereocenters. The van der Waals surface area contributed by atoms with Gasteiger partial charge in [0, 0.05) is 17.8 Å². The number of ether oxygens (including phenoxy) is 3. The van der Waals surface area contributed by atoms with E-state index in [-0.39, 0.29) is 6.42 Å². The second kappa shape index (κ2) is 8.13. The number of rotatable bonds is 9. The van der Waals surface area contributed by atoms with E-state index in [1.807, 2.05) is 11.9 Å². The standard InChI is InChI=1S/C18H21NO6S/c1-19(7-6-18(22)24-16(20)17(21)25-18)8-10-23-9-4-13-2-3-15-14(12-13)5-11-26-15/h2-3,5,11-12,22H,4,6-10H2,1H3. The first-order chi connectivity index (χ1) is 12.5. The minimum absolute atomic E-state index is 0.0123. The highest BCUT2D eigenvalue weighted by Crippen LogP contribution is 2.22. The molecule has 7 nitrogen and oxygen atoms in total. The molecule has 2 aromatic rings. The Labute approximate surface area is 155 Å². The Bertz CT molecular complexity index is 773. The molecule has 0 radical (unpaired) electrons. The van der Waals surface area contributed by atoms with Crippen molar-refractivity contribution >= 4 is 33.4 Å². The summed E-state index contributed by atoms with van der Waals surface area (Å²) in [6, 6.07) is 8.56. The topological polar surface area (TPSA) is 85.3 Å². The summed E-state index contributed by atoms with van der Waals surface area (Å²) in [4.78, 5) is 23.8. The first-order valence-electron chi connectivity index (χ1n) is 8.36.